The van der Waals surface area contributed by atoms with E-state index in [1.807, 2.05) is 90.9 Å². The molecule has 1 aromatic heterocycles. The third-order valence-electron chi connectivity index (χ3n) is 5.81. The topological polar surface area (TPSA) is 121 Å². The standard InChI is InChI=1S/C28H38N6O4/c1-19-13-22(15-21-17-33(18-23(21)31-32-29)25(35)37-27(2,3)4)30-24(14-19)34(26(36)38-28(5,6)7)16-20-11-9-8-10-12-20/h8-14,21,23H,15-18H2,1-7H3/t21-,23-/m1/s1. The molecule has 204 valence electrons. The van der Waals surface area contributed by atoms with Gasteiger partial charge in [-0.3, -0.25) is 4.90 Å². The molecule has 10 nitrogen and oxygen atoms in total. The molecule has 0 radical (unpaired) electrons. The Morgan fingerprint density at radius 1 is 1.08 bits per heavy atom. The van der Waals surface area contributed by atoms with E-state index < -0.39 is 29.4 Å². The molecular weight excluding hydrogens is 484 g/mol. The summed E-state index contributed by atoms with van der Waals surface area (Å²) >= 11 is 0. The first-order chi connectivity index (χ1) is 17.7. The minimum Gasteiger partial charge on any atom is -0.444 e. The zero-order chi connectivity index (χ0) is 28.1. The molecule has 0 spiro atoms. The van der Waals surface area contributed by atoms with Crippen molar-refractivity contribution in [2.45, 2.75) is 78.7 Å². The van der Waals surface area contributed by atoms with E-state index in [1.54, 1.807) is 4.90 Å². The molecule has 0 saturated carbocycles. The highest BCUT2D eigenvalue weighted by Crippen LogP contribution is 2.28. The van der Waals surface area contributed by atoms with Crippen molar-refractivity contribution >= 4 is 18.0 Å². The Hall–Kier alpha value is -3.78. The maximum Gasteiger partial charge on any atom is 0.416 e. The predicted octanol–water partition coefficient (Wildman–Crippen LogP) is 6.42. The zero-order valence-corrected chi connectivity index (χ0v) is 23.3. The number of hydrogen-bond donors (Lipinski definition) is 0. The molecule has 1 fully saturated rings. The van der Waals surface area contributed by atoms with Gasteiger partial charge in [0.15, 0.2) is 0 Å². The number of aryl methyl sites for hydroxylation is 1. The van der Waals surface area contributed by atoms with Crippen molar-refractivity contribution in [1.29, 1.82) is 0 Å². The Kier molecular flexibility index (Phi) is 8.89. The number of likely N-dealkylation sites (tertiary alicyclic amines) is 1. The summed E-state index contributed by atoms with van der Waals surface area (Å²) in [6.07, 6.45) is -0.463. The van der Waals surface area contributed by atoms with Gasteiger partial charge in [-0.25, -0.2) is 14.6 Å². The lowest BCUT2D eigenvalue weighted by Crippen LogP contribution is -2.37. The van der Waals surface area contributed by atoms with Gasteiger partial charge < -0.3 is 14.4 Å². The maximum absolute atomic E-state index is 13.3. The number of aromatic nitrogens is 1. The lowest BCUT2D eigenvalue weighted by molar-refractivity contribution is 0.0286. The fourth-order valence-electron chi connectivity index (χ4n) is 4.28. The molecule has 1 aliphatic rings. The van der Waals surface area contributed by atoms with Crippen LogP contribution in [-0.4, -0.2) is 52.4 Å². The summed E-state index contributed by atoms with van der Waals surface area (Å²) in [6, 6.07) is 13.0. The lowest BCUT2D eigenvalue weighted by Gasteiger charge is -2.27. The Bertz CT molecular complexity index is 1180. The van der Waals surface area contributed by atoms with Crippen molar-refractivity contribution in [2.75, 3.05) is 18.0 Å². The summed E-state index contributed by atoms with van der Waals surface area (Å²) in [6.45, 7) is 13.8. The summed E-state index contributed by atoms with van der Waals surface area (Å²) in [4.78, 5) is 36.8. The monoisotopic (exact) mass is 522 g/mol. The van der Waals surface area contributed by atoms with Gasteiger partial charge in [0.05, 0.1) is 12.6 Å². The highest BCUT2D eigenvalue weighted by molar-refractivity contribution is 5.86. The molecule has 1 saturated heterocycles. The Balaban J connectivity index is 1.88. The SMILES string of the molecule is Cc1cc(C[C@@H]2CN(C(=O)OC(C)(C)C)C[C@H]2N=[N+]=[N-])nc(N(Cc2ccccc2)C(=O)OC(C)(C)C)c1. The van der Waals surface area contributed by atoms with E-state index in [1.165, 1.54) is 4.90 Å². The molecule has 1 aromatic carbocycles. The number of nitrogens with zero attached hydrogens (tertiary/aromatic N) is 6. The van der Waals surface area contributed by atoms with Crippen LogP contribution in [0.4, 0.5) is 15.4 Å². The average molecular weight is 523 g/mol. The number of rotatable bonds is 6. The first-order valence-corrected chi connectivity index (χ1v) is 12.8. The Morgan fingerprint density at radius 3 is 2.34 bits per heavy atom. The van der Waals surface area contributed by atoms with Crippen molar-refractivity contribution in [1.82, 2.24) is 9.88 Å². The van der Waals surface area contributed by atoms with Crippen LogP contribution in [0.2, 0.25) is 0 Å². The average Bonchev–Trinajstić information content (AvgIpc) is 3.18. The van der Waals surface area contributed by atoms with Crippen LogP contribution >= 0.6 is 0 Å². The number of amides is 2. The second-order valence-electron chi connectivity index (χ2n) is 11.7. The molecule has 38 heavy (non-hydrogen) atoms. The Labute approximate surface area is 224 Å². The molecule has 0 N–H and O–H groups in total. The summed E-state index contributed by atoms with van der Waals surface area (Å²) in [5, 5.41) is 3.95. The lowest BCUT2D eigenvalue weighted by atomic mass is 9.97. The summed E-state index contributed by atoms with van der Waals surface area (Å²) in [7, 11) is 0. The van der Waals surface area contributed by atoms with Crippen LogP contribution in [0.1, 0.15) is 58.4 Å². The number of azide groups is 1. The van der Waals surface area contributed by atoms with Crippen LogP contribution in [-0.2, 0) is 22.4 Å². The van der Waals surface area contributed by atoms with Gasteiger partial charge in [0.1, 0.15) is 17.0 Å². The second-order valence-corrected chi connectivity index (χ2v) is 11.7. The molecule has 0 aliphatic carbocycles. The third-order valence-corrected chi connectivity index (χ3v) is 5.81. The van der Waals surface area contributed by atoms with Gasteiger partial charge >= 0.3 is 12.2 Å². The van der Waals surface area contributed by atoms with E-state index in [4.69, 9.17) is 20.0 Å². The first-order valence-electron chi connectivity index (χ1n) is 12.8. The van der Waals surface area contributed by atoms with Crippen molar-refractivity contribution in [2.24, 2.45) is 11.0 Å². The third kappa shape index (κ3) is 8.38. The van der Waals surface area contributed by atoms with Gasteiger partial charge in [-0.2, -0.15) is 0 Å². The van der Waals surface area contributed by atoms with Crippen molar-refractivity contribution in [3.05, 3.63) is 69.7 Å². The molecule has 2 atom stereocenters. The van der Waals surface area contributed by atoms with Gasteiger partial charge in [-0.05, 0) is 89.6 Å². The van der Waals surface area contributed by atoms with E-state index in [2.05, 4.69) is 10.0 Å². The number of hydrogen-bond acceptors (Lipinski definition) is 6. The molecule has 2 aromatic rings. The van der Waals surface area contributed by atoms with Crippen LogP contribution in [0.3, 0.4) is 0 Å². The fourth-order valence-corrected chi connectivity index (χ4v) is 4.28. The van der Waals surface area contributed by atoms with Crippen LogP contribution in [0, 0.1) is 12.8 Å². The molecule has 3 rings (SSSR count). The molecule has 0 bridgehead atoms. The van der Waals surface area contributed by atoms with Gasteiger partial charge in [0, 0.05) is 23.7 Å². The van der Waals surface area contributed by atoms with E-state index >= 15 is 0 Å². The summed E-state index contributed by atoms with van der Waals surface area (Å²) in [5.74, 6) is 0.324. The predicted molar refractivity (Wildman–Crippen MR) is 146 cm³/mol. The summed E-state index contributed by atoms with van der Waals surface area (Å²) < 4.78 is 11.2. The smallest absolute Gasteiger partial charge is 0.416 e. The molecule has 1 aliphatic heterocycles. The van der Waals surface area contributed by atoms with E-state index in [0.717, 1.165) is 16.8 Å². The number of ether oxygens (including phenoxy) is 2. The maximum atomic E-state index is 13.3. The minimum atomic E-state index is -0.670. The van der Waals surface area contributed by atoms with Crippen molar-refractivity contribution < 1.29 is 19.1 Å². The highest BCUT2D eigenvalue weighted by Gasteiger charge is 2.37. The van der Waals surface area contributed by atoms with Crippen molar-refractivity contribution in [3.8, 4) is 0 Å². The minimum absolute atomic E-state index is 0.148. The largest absolute Gasteiger partial charge is 0.444 e. The number of carbonyl (C=O) groups is 2. The van der Waals surface area contributed by atoms with Gasteiger partial charge in [-0.15, -0.1) is 0 Å². The zero-order valence-electron chi connectivity index (χ0n) is 23.3. The number of anilines is 1. The van der Waals surface area contributed by atoms with Crippen LogP contribution in [0.25, 0.3) is 10.4 Å². The van der Waals surface area contributed by atoms with Crippen LogP contribution in [0.5, 0.6) is 0 Å². The van der Waals surface area contributed by atoms with Crippen LogP contribution in [0.15, 0.2) is 47.6 Å². The Morgan fingerprint density at radius 2 is 1.74 bits per heavy atom. The molecule has 10 heteroatoms. The summed E-state index contributed by atoms with van der Waals surface area (Å²) in [5.41, 5.74) is 10.4. The van der Waals surface area contributed by atoms with Gasteiger partial charge in [-0.1, -0.05) is 35.4 Å². The normalized spacial score (nSPS) is 17.5. The highest BCUT2D eigenvalue weighted by atomic mass is 16.6. The van der Waals surface area contributed by atoms with Gasteiger partial charge in [0.2, 0.25) is 0 Å². The number of benzene rings is 1. The molecule has 0 unspecified atom stereocenters. The first kappa shape index (κ1) is 28.8. The van der Waals surface area contributed by atoms with Crippen LogP contribution < -0.4 is 4.90 Å². The number of carbonyl (C=O) groups excluding carboxylic acids is 2. The molecular formula is C28H38N6O4. The quantitative estimate of drug-likeness (QED) is 0.246. The fraction of sp³-hybridized carbons (Fsp3) is 0.536. The van der Waals surface area contributed by atoms with Crippen molar-refractivity contribution in [3.63, 3.8) is 0 Å². The molecule has 2 heterocycles. The van der Waals surface area contributed by atoms with E-state index in [-0.39, 0.29) is 12.5 Å². The molecule has 2 amide bonds. The van der Waals surface area contributed by atoms with E-state index in [9.17, 15) is 9.59 Å². The second kappa shape index (κ2) is 11.7. The van der Waals surface area contributed by atoms with E-state index in [0.29, 0.717) is 25.3 Å². The van der Waals surface area contributed by atoms with Gasteiger partial charge in [0.25, 0.3) is 0 Å². The number of pyridine rings is 1.